The van der Waals surface area contributed by atoms with E-state index in [0.29, 0.717) is 0 Å². The summed E-state index contributed by atoms with van der Waals surface area (Å²) in [6.07, 6.45) is 0. The van der Waals surface area contributed by atoms with Gasteiger partial charge in [-0.05, 0) is 19.1 Å². The third-order valence-electron chi connectivity index (χ3n) is 1.56. The molecule has 0 saturated heterocycles. The van der Waals surface area contributed by atoms with Gasteiger partial charge in [-0.25, -0.2) is 0 Å². The zero-order valence-electron chi connectivity index (χ0n) is 7.84. The highest BCUT2D eigenvalue weighted by atomic mass is 32.2. The molecule has 5 heteroatoms. The standard InChI is InChI=1S/C9H12N2O2S/c1-7(10)6-14-9-4-2-8(3-5-9)11(12)13/h2-5,7H,6,10H2,1H3/t7-/m0/s1. The second kappa shape index (κ2) is 4.97. The molecule has 1 atom stereocenters. The quantitative estimate of drug-likeness (QED) is 0.471. The Morgan fingerprint density at radius 1 is 1.50 bits per heavy atom. The molecule has 2 N–H and O–H groups in total. The Bertz CT molecular complexity index is 311. The first-order chi connectivity index (χ1) is 6.59. The van der Waals surface area contributed by atoms with E-state index in [4.69, 9.17) is 5.73 Å². The summed E-state index contributed by atoms with van der Waals surface area (Å²) in [5.74, 6) is 0.817. The monoisotopic (exact) mass is 212 g/mol. The van der Waals surface area contributed by atoms with Gasteiger partial charge in [0.05, 0.1) is 4.92 Å². The minimum absolute atomic E-state index is 0.121. The number of nitrogens with zero attached hydrogens (tertiary/aromatic N) is 1. The predicted molar refractivity (Wildman–Crippen MR) is 57.5 cm³/mol. The molecular weight excluding hydrogens is 200 g/mol. The molecule has 0 fully saturated rings. The normalized spacial score (nSPS) is 12.4. The molecular formula is C9H12N2O2S. The maximum Gasteiger partial charge on any atom is 0.269 e. The number of rotatable bonds is 4. The minimum Gasteiger partial charge on any atom is -0.327 e. The van der Waals surface area contributed by atoms with Gasteiger partial charge in [-0.1, -0.05) is 0 Å². The van der Waals surface area contributed by atoms with Crippen molar-refractivity contribution in [1.82, 2.24) is 0 Å². The van der Waals surface area contributed by atoms with E-state index in [-0.39, 0.29) is 11.7 Å². The Hall–Kier alpha value is -1.07. The largest absolute Gasteiger partial charge is 0.327 e. The van der Waals surface area contributed by atoms with Crippen LogP contribution in [0.15, 0.2) is 29.2 Å². The highest BCUT2D eigenvalue weighted by molar-refractivity contribution is 7.99. The fourth-order valence-corrected chi connectivity index (χ4v) is 1.68. The van der Waals surface area contributed by atoms with Crippen molar-refractivity contribution in [2.24, 2.45) is 5.73 Å². The fraction of sp³-hybridized carbons (Fsp3) is 0.333. The van der Waals surface area contributed by atoms with Crippen LogP contribution >= 0.6 is 11.8 Å². The van der Waals surface area contributed by atoms with E-state index in [1.54, 1.807) is 23.9 Å². The average Bonchev–Trinajstić information content (AvgIpc) is 2.15. The molecule has 0 spiro atoms. The van der Waals surface area contributed by atoms with Gasteiger partial charge in [0.15, 0.2) is 0 Å². The van der Waals surface area contributed by atoms with E-state index in [2.05, 4.69) is 0 Å². The van der Waals surface area contributed by atoms with Crippen molar-refractivity contribution in [2.45, 2.75) is 17.9 Å². The number of non-ortho nitro benzene ring substituents is 1. The SMILES string of the molecule is C[C@H](N)CSc1ccc([N+](=O)[O-])cc1. The van der Waals surface area contributed by atoms with E-state index >= 15 is 0 Å². The van der Waals surface area contributed by atoms with Crippen LogP contribution in [0.5, 0.6) is 0 Å². The number of hydrogen-bond donors (Lipinski definition) is 1. The van der Waals surface area contributed by atoms with E-state index < -0.39 is 4.92 Å². The summed E-state index contributed by atoms with van der Waals surface area (Å²) in [5, 5.41) is 10.4. The van der Waals surface area contributed by atoms with Gasteiger partial charge in [0.1, 0.15) is 0 Å². The Morgan fingerprint density at radius 3 is 2.50 bits per heavy atom. The van der Waals surface area contributed by atoms with E-state index in [1.807, 2.05) is 6.92 Å². The van der Waals surface area contributed by atoms with Crippen LogP contribution in [0.3, 0.4) is 0 Å². The molecule has 0 unspecified atom stereocenters. The average molecular weight is 212 g/mol. The van der Waals surface area contributed by atoms with Gasteiger partial charge in [-0.3, -0.25) is 10.1 Å². The Balaban J connectivity index is 2.60. The molecule has 1 aromatic carbocycles. The molecule has 0 radical (unpaired) electrons. The molecule has 0 aromatic heterocycles. The fourth-order valence-electron chi connectivity index (χ4n) is 0.892. The first-order valence-corrected chi connectivity index (χ1v) is 5.21. The van der Waals surface area contributed by atoms with Gasteiger partial charge in [0.25, 0.3) is 5.69 Å². The Kier molecular flexibility index (Phi) is 3.91. The molecule has 0 aliphatic carbocycles. The van der Waals surface area contributed by atoms with E-state index in [0.717, 1.165) is 10.6 Å². The van der Waals surface area contributed by atoms with Gasteiger partial charge < -0.3 is 5.73 Å². The van der Waals surface area contributed by atoms with E-state index in [9.17, 15) is 10.1 Å². The van der Waals surface area contributed by atoms with Crippen molar-refractivity contribution >= 4 is 17.4 Å². The molecule has 0 aliphatic rings. The molecule has 0 heterocycles. The Morgan fingerprint density at radius 2 is 2.07 bits per heavy atom. The number of benzene rings is 1. The molecule has 4 nitrogen and oxygen atoms in total. The lowest BCUT2D eigenvalue weighted by Crippen LogP contribution is -2.17. The summed E-state index contributed by atoms with van der Waals surface area (Å²) in [4.78, 5) is 11.0. The molecule has 14 heavy (non-hydrogen) atoms. The van der Waals surface area contributed by atoms with Crippen molar-refractivity contribution in [3.63, 3.8) is 0 Å². The van der Waals surface area contributed by atoms with Crippen molar-refractivity contribution < 1.29 is 4.92 Å². The van der Waals surface area contributed by atoms with Crippen LogP contribution in [-0.2, 0) is 0 Å². The summed E-state index contributed by atoms with van der Waals surface area (Å²) < 4.78 is 0. The summed E-state index contributed by atoms with van der Waals surface area (Å²) >= 11 is 1.60. The van der Waals surface area contributed by atoms with Gasteiger partial charge >= 0.3 is 0 Å². The van der Waals surface area contributed by atoms with Crippen LogP contribution in [0.25, 0.3) is 0 Å². The van der Waals surface area contributed by atoms with Gasteiger partial charge in [0.2, 0.25) is 0 Å². The first-order valence-electron chi connectivity index (χ1n) is 4.22. The van der Waals surface area contributed by atoms with Crippen LogP contribution in [0.1, 0.15) is 6.92 Å². The van der Waals surface area contributed by atoms with Crippen molar-refractivity contribution in [1.29, 1.82) is 0 Å². The molecule has 0 amide bonds. The summed E-state index contributed by atoms with van der Waals surface area (Å²) in [6, 6.07) is 6.62. The molecule has 0 aliphatic heterocycles. The second-order valence-corrected chi connectivity index (χ2v) is 4.13. The maximum absolute atomic E-state index is 10.4. The lowest BCUT2D eigenvalue weighted by molar-refractivity contribution is -0.384. The molecule has 1 rings (SSSR count). The summed E-state index contributed by atoms with van der Waals surface area (Å²) in [6.45, 7) is 1.93. The number of thioether (sulfide) groups is 1. The molecule has 0 saturated carbocycles. The van der Waals surface area contributed by atoms with E-state index in [1.165, 1.54) is 12.1 Å². The lowest BCUT2D eigenvalue weighted by atomic mass is 10.3. The number of nitro groups is 1. The van der Waals surface area contributed by atoms with Crippen LogP contribution in [0.2, 0.25) is 0 Å². The van der Waals surface area contributed by atoms with Crippen molar-refractivity contribution in [3.05, 3.63) is 34.4 Å². The molecule has 0 bridgehead atoms. The number of nitro benzene ring substituents is 1. The third-order valence-corrected chi connectivity index (χ3v) is 2.86. The minimum atomic E-state index is -0.403. The zero-order valence-corrected chi connectivity index (χ0v) is 8.66. The molecule has 1 aromatic rings. The lowest BCUT2D eigenvalue weighted by Gasteiger charge is -2.03. The van der Waals surface area contributed by atoms with Crippen LogP contribution in [-0.4, -0.2) is 16.7 Å². The predicted octanol–water partition coefficient (Wildman–Crippen LogP) is 2.03. The first kappa shape index (κ1) is 11.0. The number of hydrogen-bond acceptors (Lipinski definition) is 4. The summed E-state index contributed by atoms with van der Waals surface area (Å²) in [5.41, 5.74) is 5.71. The van der Waals surface area contributed by atoms with Crippen molar-refractivity contribution in [3.8, 4) is 0 Å². The second-order valence-electron chi connectivity index (χ2n) is 3.04. The maximum atomic E-state index is 10.4. The van der Waals surface area contributed by atoms with Gasteiger partial charge in [-0.2, -0.15) is 0 Å². The number of nitrogens with two attached hydrogens (primary N) is 1. The topological polar surface area (TPSA) is 69.2 Å². The van der Waals surface area contributed by atoms with Crippen LogP contribution < -0.4 is 5.73 Å². The smallest absolute Gasteiger partial charge is 0.269 e. The highest BCUT2D eigenvalue weighted by Crippen LogP contribution is 2.21. The molecule has 76 valence electrons. The van der Waals surface area contributed by atoms with Crippen LogP contribution in [0, 0.1) is 10.1 Å². The third kappa shape index (κ3) is 3.35. The summed E-state index contributed by atoms with van der Waals surface area (Å²) in [7, 11) is 0. The van der Waals surface area contributed by atoms with Gasteiger partial charge in [0, 0.05) is 28.8 Å². The Labute approximate surface area is 86.6 Å². The van der Waals surface area contributed by atoms with Gasteiger partial charge in [-0.15, -0.1) is 11.8 Å². The van der Waals surface area contributed by atoms with Crippen molar-refractivity contribution in [2.75, 3.05) is 5.75 Å². The van der Waals surface area contributed by atoms with Crippen LogP contribution in [0.4, 0.5) is 5.69 Å². The zero-order chi connectivity index (χ0) is 10.6. The highest BCUT2D eigenvalue weighted by Gasteiger charge is 2.04.